The molecular formula is C28H29F2N3O5. The molecular weight excluding hydrogens is 496 g/mol. The van der Waals surface area contributed by atoms with Gasteiger partial charge in [0.05, 0.1) is 37.6 Å². The van der Waals surface area contributed by atoms with Crippen LogP contribution in [0.5, 0.6) is 11.5 Å². The van der Waals surface area contributed by atoms with E-state index < -0.39 is 12.0 Å². The zero-order chi connectivity index (χ0) is 26.4. The smallest absolute Gasteiger partial charge is 0.387 e. The van der Waals surface area contributed by atoms with Gasteiger partial charge >= 0.3 is 6.61 Å². The quantitative estimate of drug-likeness (QED) is 0.383. The fraction of sp³-hybridized carbons (Fsp3) is 0.464. The number of Topliss-reactive ketones (excluding diaryl/α,β-unsaturated/α-hetero) is 1. The minimum Gasteiger partial charge on any atom is -0.496 e. The van der Waals surface area contributed by atoms with E-state index in [0.717, 1.165) is 31.2 Å². The third kappa shape index (κ3) is 4.51. The highest BCUT2D eigenvalue weighted by Crippen LogP contribution is 2.50. The van der Waals surface area contributed by atoms with Gasteiger partial charge in [0.2, 0.25) is 5.91 Å². The molecule has 38 heavy (non-hydrogen) atoms. The number of halogens is 2. The Balaban J connectivity index is 1.35. The standard InChI is InChI=1S/C28H29F2N3O5/c1-36-22-13-18(14-23(38-27(29)30)25(22)21(34)12-17-2-3-17)20-16-31-24-15-19(4-7-33(20)24)28(5-6-28)26(35)32-8-10-37-11-9-32/h4,7,13-17,27H,2-3,5-6,8-12H2,1H3. The molecule has 3 heterocycles. The molecule has 2 aromatic heterocycles. The Bertz CT molecular complexity index is 1390. The number of carbonyl (C=O) groups is 2. The predicted octanol–water partition coefficient (Wildman–Crippen LogP) is 4.48. The number of amides is 1. The number of fused-ring (bicyclic) bond motifs is 1. The number of hydrogen-bond donors (Lipinski definition) is 0. The van der Waals surface area contributed by atoms with E-state index in [4.69, 9.17) is 14.2 Å². The number of hydrogen-bond acceptors (Lipinski definition) is 6. The van der Waals surface area contributed by atoms with Gasteiger partial charge in [-0.25, -0.2) is 4.98 Å². The number of morpholine rings is 1. The molecule has 6 rings (SSSR count). The van der Waals surface area contributed by atoms with Crippen molar-refractivity contribution in [1.82, 2.24) is 14.3 Å². The summed E-state index contributed by atoms with van der Waals surface area (Å²) in [5.74, 6) is 0.114. The zero-order valence-electron chi connectivity index (χ0n) is 21.1. The molecule has 3 aliphatic rings. The minimum absolute atomic E-state index is 0.0388. The Labute approximate surface area is 218 Å². The summed E-state index contributed by atoms with van der Waals surface area (Å²) in [6, 6.07) is 6.93. The Morgan fingerprint density at radius 1 is 1.16 bits per heavy atom. The van der Waals surface area contributed by atoms with Crippen LogP contribution in [-0.2, 0) is 14.9 Å². The van der Waals surface area contributed by atoms with Crippen molar-refractivity contribution in [2.45, 2.75) is 44.1 Å². The second kappa shape index (κ2) is 9.65. The summed E-state index contributed by atoms with van der Waals surface area (Å²) in [7, 11) is 1.40. The van der Waals surface area contributed by atoms with Gasteiger partial charge in [0, 0.05) is 31.3 Å². The first-order valence-corrected chi connectivity index (χ1v) is 12.9. The zero-order valence-corrected chi connectivity index (χ0v) is 21.1. The van der Waals surface area contributed by atoms with E-state index in [-0.39, 0.29) is 41.1 Å². The summed E-state index contributed by atoms with van der Waals surface area (Å²) in [4.78, 5) is 32.7. The van der Waals surface area contributed by atoms with E-state index in [2.05, 4.69) is 4.98 Å². The molecule has 0 spiro atoms. The number of methoxy groups -OCH3 is 1. The van der Waals surface area contributed by atoms with Gasteiger partial charge in [-0.2, -0.15) is 8.78 Å². The summed E-state index contributed by atoms with van der Waals surface area (Å²) in [5.41, 5.74) is 2.19. The number of ether oxygens (including phenoxy) is 3. The number of benzene rings is 1. The van der Waals surface area contributed by atoms with E-state index >= 15 is 0 Å². The number of aromatic nitrogens is 2. The Kier molecular flexibility index (Phi) is 6.29. The lowest BCUT2D eigenvalue weighted by atomic mass is 9.95. The van der Waals surface area contributed by atoms with Gasteiger partial charge in [-0.3, -0.25) is 14.0 Å². The average molecular weight is 526 g/mol. The number of ketones is 1. The molecule has 2 aliphatic carbocycles. The van der Waals surface area contributed by atoms with Crippen LogP contribution in [0, 0.1) is 5.92 Å². The number of carbonyl (C=O) groups excluding carboxylic acids is 2. The Morgan fingerprint density at radius 2 is 1.89 bits per heavy atom. The van der Waals surface area contributed by atoms with Crippen LogP contribution < -0.4 is 9.47 Å². The van der Waals surface area contributed by atoms with Crippen molar-refractivity contribution < 1.29 is 32.6 Å². The normalized spacial score (nSPS) is 18.6. The van der Waals surface area contributed by atoms with Crippen LogP contribution >= 0.6 is 0 Å². The molecule has 8 nitrogen and oxygen atoms in total. The summed E-state index contributed by atoms with van der Waals surface area (Å²) in [6.45, 7) is -0.793. The molecule has 3 aromatic rings. The molecule has 1 amide bonds. The maximum atomic E-state index is 13.3. The minimum atomic E-state index is -3.09. The van der Waals surface area contributed by atoms with Gasteiger partial charge in [-0.1, -0.05) is 0 Å². The lowest BCUT2D eigenvalue weighted by molar-refractivity contribution is -0.138. The van der Waals surface area contributed by atoms with Crippen LogP contribution in [0.1, 0.15) is 48.0 Å². The lowest BCUT2D eigenvalue weighted by Crippen LogP contribution is -2.45. The average Bonchev–Trinajstić information content (AvgIpc) is 3.85. The summed E-state index contributed by atoms with van der Waals surface area (Å²) in [5, 5.41) is 0. The van der Waals surface area contributed by atoms with Gasteiger partial charge in [-0.05, 0) is 61.4 Å². The SMILES string of the molecule is COc1cc(-c2cnc3cc(C4(C(=O)N5CCOCC5)CC4)ccn23)cc(OC(F)F)c1C(=O)CC1CC1. The largest absolute Gasteiger partial charge is 0.496 e. The van der Waals surface area contributed by atoms with Gasteiger partial charge in [-0.15, -0.1) is 0 Å². The molecule has 0 unspecified atom stereocenters. The van der Waals surface area contributed by atoms with Gasteiger partial charge in [0.25, 0.3) is 0 Å². The van der Waals surface area contributed by atoms with Crippen LogP contribution in [0.2, 0.25) is 0 Å². The van der Waals surface area contributed by atoms with E-state index in [1.807, 2.05) is 27.6 Å². The van der Waals surface area contributed by atoms with Crippen molar-refractivity contribution in [3.05, 3.63) is 47.8 Å². The van der Waals surface area contributed by atoms with Crippen molar-refractivity contribution >= 4 is 17.3 Å². The monoisotopic (exact) mass is 525 g/mol. The molecule has 1 aliphatic heterocycles. The van der Waals surface area contributed by atoms with E-state index in [1.165, 1.54) is 13.2 Å². The molecule has 0 bridgehead atoms. The number of imidazole rings is 1. The van der Waals surface area contributed by atoms with Crippen LogP contribution in [0.4, 0.5) is 8.78 Å². The molecule has 1 aromatic carbocycles. The molecule has 0 N–H and O–H groups in total. The number of pyridine rings is 1. The Morgan fingerprint density at radius 3 is 2.55 bits per heavy atom. The molecule has 1 saturated heterocycles. The van der Waals surface area contributed by atoms with Crippen LogP contribution in [0.25, 0.3) is 16.9 Å². The fourth-order valence-electron chi connectivity index (χ4n) is 5.36. The Hall–Kier alpha value is -3.53. The molecule has 2 saturated carbocycles. The van der Waals surface area contributed by atoms with Crippen LogP contribution in [0.3, 0.4) is 0 Å². The van der Waals surface area contributed by atoms with E-state index in [9.17, 15) is 18.4 Å². The van der Waals surface area contributed by atoms with Crippen LogP contribution in [0.15, 0.2) is 36.7 Å². The lowest BCUT2D eigenvalue weighted by Gasteiger charge is -2.30. The highest BCUT2D eigenvalue weighted by atomic mass is 19.3. The summed E-state index contributed by atoms with van der Waals surface area (Å²) >= 11 is 0. The third-order valence-electron chi connectivity index (χ3n) is 7.77. The fourth-order valence-corrected chi connectivity index (χ4v) is 5.36. The molecule has 3 fully saturated rings. The maximum Gasteiger partial charge on any atom is 0.387 e. The number of rotatable bonds is 9. The van der Waals surface area contributed by atoms with Crippen LogP contribution in [-0.4, -0.2) is 66.0 Å². The molecule has 200 valence electrons. The first-order chi connectivity index (χ1) is 18.4. The molecule has 0 radical (unpaired) electrons. The highest BCUT2D eigenvalue weighted by molar-refractivity contribution is 6.02. The first kappa shape index (κ1) is 24.8. The summed E-state index contributed by atoms with van der Waals surface area (Å²) in [6.07, 6.45) is 7.24. The second-order valence-electron chi connectivity index (χ2n) is 10.3. The van der Waals surface area contributed by atoms with E-state index in [0.29, 0.717) is 43.2 Å². The highest BCUT2D eigenvalue weighted by Gasteiger charge is 2.53. The van der Waals surface area contributed by atoms with Crippen molar-refractivity contribution in [2.24, 2.45) is 5.92 Å². The number of alkyl halides is 2. The van der Waals surface area contributed by atoms with Gasteiger partial charge < -0.3 is 19.1 Å². The summed E-state index contributed by atoms with van der Waals surface area (Å²) < 4.78 is 44.2. The van der Waals surface area contributed by atoms with Crippen molar-refractivity contribution in [2.75, 3.05) is 33.4 Å². The predicted molar refractivity (Wildman–Crippen MR) is 134 cm³/mol. The van der Waals surface area contributed by atoms with E-state index in [1.54, 1.807) is 12.3 Å². The van der Waals surface area contributed by atoms with Gasteiger partial charge in [0.15, 0.2) is 5.78 Å². The second-order valence-corrected chi connectivity index (χ2v) is 10.3. The maximum absolute atomic E-state index is 13.3. The molecule has 0 atom stereocenters. The van der Waals surface area contributed by atoms with Crippen molar-refractivity contribution in [3.8, 4) is 22.8 Å². The topological polar surface area (TPSA) is 82.4 Å². The third-order valence-corrected chi connectivity index (χ3v) is 7.77. The number of nitrogens with zero attached hydrogens (tertiary/aromatic N) is 3. The van der Waals surface area contributed by atoms with Gasteiger partial charge in [0.1, 0.15) is 22.7 Å². The molecule has 10 heteroatoms. The van der Waals surface area contributed by atoms with Crippen molar-refractivity contribution in [1.29, 1.82) is 0 Å². The van der Waals surface area contributed by atoms with Crippen molar-refractivity contribution in [3.63, 3.8) is 0 Å². The first-order valence-electron chi connectivity index (χ1n) is 12.9.